The number of nitrogens with zero attached hydrogens (tertiary/aromatic N) is 1. The van der Waals surface area contributed by atoms with E-state index in [1.165, 1.54) is 25.7 Å². The third-order valence-corrected chi connectivity index (χ3v) is 5.97. The quantitative estimate of drug-likeness (QED) is 0.818. The minimum atomic E-state index is 0.0326. The molecule has 1 amide bonds. The zero-order valence-electron chi connectivity index (χ0n) is 13.4. The number of rotatable bonds is 6. The van der Waals surface area contributed by atoms with Gasteiger partial charge in [0, 0.05) is 11.8 Å². The van der Waals surface area contributed by atoms with Crippen LogP contribution in [0, 0.1) is 11.8 Å². The van der Waals surface area contributed by atoms with E-state index < -0.39 is 0 Å². The lowest BCUT2D eigenvalue weighted by Gasteiger charge is -2.29. The van der Waals surface area contributed by atoms with Gasteiger partial charge in [0.2, 0.25) is 5.91 Å². The first-order chi connectivity index (χ1) is 9.54. The van der Waals surface area contributed by atoms with E-state index in [9.17, 15) is 4.79 Å². The van der Waals surface area contributed by atoms with Gasteiger partial charge in [-0.15, -0.1) is 0 Å². The van der Waals surface area contributed by atoms with Crippen molar-refractivity contribution in [1.29, 1.82) is 0 Å². The maximum absolute atomic E-state index is 12.7. The number of hydrogen-bond donors (Lipinski definition) is 1. The molecule has 2 aliphatic rings. The van der Waals surface area contributed by atoms with Gasteiger partial charge in [-0.25, -0.2) is 0 Å². The fourth-order valence-electron chi connectivity index (χ4n) is 3.49. The SMILES string of the molecule is CSC(C)CCN1C(=O)C(C(C)C)NC1C1CCCC1. The van der Waals surface area contributed by atoms with Crippen LogP contribution in [-0.4, -0.2) is 41.1 Å². The molecule has 0 radical (unpaired) electrons. The summed E-state index contributed by atoms with van der Waals surface area (Å²) >= 11 is 1.89. The van der Waals surface area contributed by atoms with Gasteiger partial charge in [-0.3, -0.25) is 10.1 Å². The molecule has 0 aromatic rings. The van der Waals surface area contributed by atoms with E-state index in [2.05, 4.69) is 37.2 Å². The minimum absolute atomic E-state index is 0.0326. The van der Waals surface area contributed by atoms with Crippen molar-refractivity contribution in [1.82, 2.24) is 10.2 Å². The predicted molar refractivity (Wildman–Crippen MR) is 86.8 cm³/mol. The molecule has 3 unspecified atom stereocenters. The molecule has 1 saturated heterocycles. The van der Waals surface area contributed by atoms with E-state index in [4.69, 9.17) is 0 Å². The van der Waals surface area contributed by atoms with E-state index in [0.29, 0.717) is 29.2 Å². The summed E-state index contributed by atoms with van der Waals surface area (Å²) in [5.74, 6) is 1.40. The Morgan fingerprint density at radius 3 is 2.50 bits per heavy atom. The Balaban J connectivity index is 2.04. The largest absolute Gasteiger partial charge is 0.325 e. The predicted octanol–water partition coefficient (Wildman–Crippen LogP) is 3.10. The maximum atomic E-state index is 12.7. The van der Waals surface area contributed by atoms with Crippen molar-refractivity contribution in [3.63, 3.8) is 0 Å². The van der Waals surface area contributed by atoms with Crippen LogP contribution in [0.4, 0.5) is 0 Å². The fraction of sp³-hybridized carbons (Fsp3) is 0.938. The number of nitrogens with one attached hydrogen (secondary N) is 1. The number of carbonyl (C=O) groups is 1. The van der Waals surface area contributed by atoms with Crippen LogP contribution in [0.2, 0.25) is 0 Å². The summed E-state index contributed by atoms with van der Waals surface area (Å²) in [4.78, 5) is 14.8. The van der Waals surface area contributed by atoms with E-state index >= 15 is 0 Å². The molecule has 4 heteroatoms. The molecule has 1 heterocycles. The van der Waals surface area contributed by atoms with Crippen LogP contribution in [0.5, 0.6) is 0 Å². The maximum Gasteiger partial charge on any atom is 0.241 e. The third kappa shape index (κ3) is 3.51. The van der Waals surface area contributed by atoms with E-state index in [-0.39, 0.29) is 6.04 Å². The molecule has 0 aromatic heterocycles. The number of carbonyl (C=O) groups excluding carboxylic acids is 1. The van der Waals surface area contributed by atoms with Crippen molar-refractivity contribution < 1.29 is 4.79 Å². The highest BCUT2D eigenvalue weighted by atomic mass is 32.2. The topological polar surface area (TPSA) is 32.3 Å². The van der Waals surface area contributed by atoms with Gasteiger partial charge in [0.25, 0.3) is 0 Å². The Morgan fingerprint density at radius 2 is 1.95 bits per heavy atom. The monoisotopic (exact) mass is 298 g/mol. The molecule has 1 aliphatic heterocycles. The second-order valence-electron chi connectivity index (χ2n) is 6.74. The lowest BCUT2D eigenvalue weighted by molar-refractivity contribution is -0.131. The average Bonchev–Trinajstić information content (AvgIpc) is 3.03. The Kier molecular flexibility index (Phi) is 5.79. The van der Waals surface area contributed by atoms with Gasteiger partial charge in [-0.1, -0.05) is 33.6 Å². The third-order valence-electron chi connectivity index (χ3n) is 4.93. The molecule has 116 valence electrons. The molecular formula is C16H30N2OS. The summed E-state index contributed by atoms with van der Waals surface area (Å²) in [6, 6.07) is 0.0326. The second-order valence-corrected chi connectivity index (χ2v) is 8.02. The van der Waals surface area contributed by atoms with Crippen LogP contribution in [0.25, 0.3) is 0 Å². The number of thioether (sulfide) groups is 1. The molecule has 0 aromatic carbocycles. The highest BCUT2D eigenvalue weighted by Gasteiger charge is 2.43. The van der Waals surface area contributed by atoms with Crippen molar-refractivity contribution in [2.75, 3.05) is 12.8 Å². The minimum Gasteiger partial charge on any atom is -0.325 e. The first-order valence-electron chi connectivity index (χ1n) is 8.14. The Hall–Kier alpha value is -0.220. The summed E-state index contributed by atoms with van der Waals surface area (Å²) in [5, 5.41) is 4.27. The van der Waals surface area contributed by atoms with Crippen molar-refractivity contribution in [3.05, 3.63) is 0 Å². The van der Waals surface area contributed by atoms with Crippen LogP contribution in [-0.2, 0) is 4.79 Å². The molecule has 20 heavy (non-hydrogen) atoms. The van der Waals surface area contributed by atoms with Gasteiger partial charge in [-0.2, -0.15) is 11.8 Å². The molecule has 2 fully saturated rings. The number of amides is 1. The van der Waals surface area contributed by atoms with Crippen LogP contribution in [0.15, 0.2) is 0 Å². The van der Waals surface area contributed by atoms with Crippen LogP contribution in [0.3, 0.4) is 0 Å². The zero-order chi connectivity index (χ0) is 14.7. The Bertz CT molecular complexity index is 328. The average molecular weight is 298 g/mol. The van der Waals surface area contributed by atoms with Gasteiger partial charge in [0.15, 0.2) is 0 Å². The van der Waals surface area contributed by atoms with Gasteiger partial charge >= 0.3 is 0 Å². The standard InChI is InChI=1S/C16H30N2OS/c1-11(2)14-16(19)18(10-9-12(3)20-4)15(17-14)13-7-5-6-8-13/h11-15,17H,5-10H2,1-4H3. The highest BCUT2D eigenvalue weighted by Crippen LogP contribution is 2.33. The zero-order valence-corrected chi connectivity index (χ0v) is 14.2. The van der Waals surface area contributed by atoms with Crippen LogP contribution >= 0.6 is 11.8 Å². The molecular weight excluding hydrogens is 268 g/mol. The van der Waals surface area contributed by atoms with Gasteiger partial charge in [-0.05, 0) is 37.4 Å². The molecule has 2 rings (SSSR count). The van der Waals surface area contributed by atoms with Crippen LogP contribution < -0.4 is 5.32 Å². The van der Waals surface area contributed by atoms with Gasteiger partial charge in [0.1, 0.15) is 0 Å². The molecule has 1 N–H and O–H groups in total. The summed E-state index contributed by atoms with van der Waals surface area (Å²) in [6.45, 7) is 7.46. The van der Waals surface area contributed by atoms with Gasteiger partial charge < -0.3 is 4.90 Å². The molecule has 1 saturated carbocycles. The van der Waals surface area contributed by atoms with Crippen molar-refractivity contribution in [2.45, 2.75) is 70.3 Å². The summed E-state index contributed by atoms with van der Waals surface area (Å²) in [7, 11) is 0. The summed E-state index contributed by atoms with van der Waals surface area (Å²) in [6.07, 6.45) is 8.78. The first-order valence-corrected chi connectivity index (χ1v) is 9.42. The summed E-state index contributed by atoms with van der Waals surface area (Å²) < 4.78 is 0. The Morgan fingerprint density at radius 1 is 1.30 bits per heavy atom. The van der Waals surface area contributed by atoms with E-state index in [1.54, 1.807) is 0 Å². The highest BCUT2D eigenvalue weighted by molar-refractivity contribution is 7.99. The van der Waals surface area contributed by atoms with E-state index in [1.807, 2.05) is 11.8 Å². The normalized spacial score (nSPS) is 29.6. The molecule has 1 aliphatic carbocycles. The molecule has 0 spiro atoms. The fourth-order valence-corrected chi connectivity index (χ4v) is 3.83. The van der Waals surface area contributed by atoms with Crippen molar-refractivity contribution in [3.8, 4) is 0 Å². The van der Waals surface area contributed by atoms with Gasteiger partial charge in [0.05, 0.1) is 12.2 Å². The molecule has 3 nitrogen and oxygen atoms in total. The molecule has 3 atom stereocenters. The Labute approximate surface area is 128 Å². The molecule has 0 bridgehead atoms. The second kappa shape index (κ2) is 7.17. The lowest BCUT2D eigenvalue weighted by Crippen LogP contribution is -2.43. The van der Waals surface area contributed by atoms with Crippen LogP contribution in [0.1, 0.15) is 52.9 Å². The lowest BCUT2D eigenvalue weighted by atomic mass is 10.0. The van der Waals surface area contributed by atoms with Crippen molar-refractivity contribution >= 4 is 17.7 Å². The number of hydrogen-bond acceptors (Lipinski definition) is 3. The smallest absolute Gasteiger partial charge is 0.241 e. The van der Waals surface area contributed by atoms with E-state index in [0.717, 1.165) is 13.0 Å². The summed E-state index contributed by atoms with van der Waals surface area (Å²) in [5.41, 5.74) is 0. The van der Waals surface area contributed by atoms with Crippen molar-refractivity contribution in [2.24, 2.45) is 11.8 Å². The first kappa shape index (κ1) is 16.2.